The van der Waals surface area contributed by atoms with Crippen LogP contribution in [0.3, 0.4) is 0 Å². The maximum absolute atomic E-state index is 12.9. The molecule has 1 aromatic carbocycles. The lowest BCUT2D eigenvalue weighted by Gasteiger charge is -2.31. The SMILES string of the molecule is Cc1ccc(-c2c(C)sc3nc(CN4CCN(C)CC4)[nH]c(=O)c23)cc1. The number of rotatable bonds is 3. The Labute approximate surface area is 157 Å². The van der Waals surface area contributed by atoms with Crippen molar-refractivity contribution in [2.24, 2.45) is 0 Å². The summed E-state index contributed by atoms with van der Waals surface area (Å²) in [6, 6.07) is 8.34. The summed E-state index contributed by atoms with van der Waals surface area (Å²) in [6.07, 6.45) is 0. The molecule has 0 saturated carbocycles. The number of fused-ring (bicyclic) bond motifs is 1. The fourth-order valence-corrected chi connectivity index (χ4v) is 4.59. The van der Waals surface area contributed by atoms with Crippen LogP contribution in [0.4, 0.5) is 0 Å². The third-order valence-corrected chi connectivity index (χ3v) is 6.10. The summed E-state index contributed by atoms with van der Waals surface area (Å²) in [7, 11) is 2.14. The summed E-state index contributed by atoms with van der Waals surface area (Å²) in [5, 5.41) is 0.721. The predicted octanol–water partition coefficient (Wildman–Crippen LogP) is 3.02. The highest BCUT2D eigenvalue weighted by Crippen LogP contribution is 2.35. The Morgan fingerprint density at radius 1 is 1.12 bits per heavy atom. The molecule has 3 heterocycles. The molecule has 1 fully saturated rings. The molecule has 0 radical (unpaired) electrons. The quantitative estimate of drug-likeness (QED) is 0.772. The fraction of sp³-hybridized carbons (Fsp3) is 0.400. The molecule has 0 bridgehead atoms. The Hall–Kier alpha value is -2.02. The van der Waals surface area contributed by atoms with E-state index in [0.29, 0.717) is 6.54 Å². The number of hydrogen-bond acceptors (Lipinski definition) is 5. The van der Waals surface area contributed by atoms with Gasteiger partial charge >= 0.3 is 0 Å². The molecule has 136 valence electrons. The molecular weight excluding hydrogens is 344 g/mol. The molecule has 1 aliphatic rings. The Balaban J connectivity index is 1.70. The van der Waals surface area contributed by atoms with Gasteiger partial charge in [0.05, 0.1) is 11.9 Å². The second-order valence-corrected chi connectivity index (χ2v) is 8.37. The number of aryl methyl sites for hydroxylation is 2. The summed E-state index contributed by atoms with van der Waals surface area (Å²) in [4.78, 5) is 27.3. The van der Waals surface area contributed by atoms with Gasteiger partial charge in [-0.25, -0.2) is 4.98 Å². The van der Waals surface area contributed by atoms with Crippen LogP contribution in [-0.2, 0) is 6.54 Å². The van der Waals surface area contributed by atoms with Crippen molar-refractivity contribution in [1.29, 1.82) is 0 Å². The summed E-state index contributed by atoms with van der Waals surface area (Å²) < 4.78 is 0. The molecule has 0 spiro atoms. The van der Waals surface area contributed by atoms with E-state index in [1.807, 2.05) is 0 Å². The highest BCUT2D eigenvalue weighted by atomic mass is 32.1. The number of H-pyrrole nitrogens is 1. The van der Waals surface area contributed by atoms with Gasteiger partial charge in [0.1, 0.15) is 10.7 Å². The average molecular weight is 369 g/mol. The maximum atomic E-state index is 12.9. The summed E-state index contributed by atoms with van der Waals surface area (Å²) in [5.41, 5.74) is 3.29. The Kier molecular flexibility index (Phi) is 4.65. The van der Waals surface area contributed by atoms with Crippen molar-refractivity contribution in [2.75, 3.05) is 33.2 Å². The molecule has 0 amide bonds. The van der Waals surface area contributed by atoms with Gasteiger partial charge in [0, 0.05) is 36.6 Å². The minimum Gasteiger partial charge on any atom is -0.309 e. The molecule has 0 atom stereocenters. The van der Waals surface area contributed by atoms with Crippen molar-refractivity contribution in [1.82, 2.24) is 19.8 Å². The van der Waals surface area contributed by atoms with E-state index in [0.717, 1.165) is 58.2 Å². The van der Waals surface area contributed by atoms with E-state index >= 15 is 0 Å². The lowest BCUT2D eigenvalue weighted by atomic mass is 10.0. The van der Waals surface area contributed by atoms with Crippen LogP contribution >= 0.6 is 11.3 Å². The minimum absolute atomic E-state index is 0.0287. The van der Waals surface area contributed by atoms with Crippen molar-refractivity contribution in [2.45, 2.75) is 20.4 Å². The second kappa shape index (κ2) is 6.95. The molecule has 2 aromatic heterocycles. The van der Waals surface area contributed by atoms with Crippen LogP contribution in [-0.4, -0.2) is 53.0 Å². The largest absolute Gasteiger partial charge is 0.309 e. The standard InChI is InChI=1S/C20H24N4OS/c1-13-4-6-15(7-5-13)17-14(2)26-20-18(17)19(25)21-16(22-20)12-24-10-8-23(3)9-11-24/h4-7H,8-12H2,1-3H3,(H,21,22,25). The molecule has 4 rings (SSSR count). The molecule has 1 saturated heterocycles. The van der Waals surface area contributed by atoms with Crippen molar-refractivity contribution in [3.63, 3.8) is 0 Å². The van der Waals surface area contributed by atoms with E-state index in [9.17, 15) is 4.79 Å². The third kappa shape index (κ3) is 3.32. The zero-order valence-electron chi connectivity index (χ0n) is 15.5. The number of piperazine rings is 1. The van der Waals surface area contributed by atoms with Crippen LogP contribution in [0.15, 0.2) is 29.1 Å². The first-order valence-corrected chi connectivity index (χ1v) is 9.83. The smallest absolute Gasteiger partial charge is 0.260 e. The van der Waals surface area contributed by atoms with Crippen LogP contribution in [0, 0.1) is 13.8 Å². The molecule has 0 unspecified atom stereocenters. The number of likely N-dealkylation sites (N-methyl/N-ethyl adjacent to an activating group) is 1. The van der Waals surface area contributed by atoms with Gasteiger partial charge < -0.3 is 9.88 Å². The van der Waals surface area contributed by atoms with Crippen molar-refractivity contribution < 1.29 is 0 Å². The van der Waals surface area contributed by atoms with Crippen LogP contribution in [0.25, 0.3) is 21.3 Å². The van der Waals surface area contributed by atoms with E-state index in [1.54, 1.807) is 11.3 Å². The second-order valence-electron chi connectivity index (χ2n) is 7.17. The normalized spacial score (nSPS) is 16.4. The van der Waals surface area contributed by atoms with Crippen LogP contribution in [0.1, 0.15) is 16.3 Å². The van der Waals surface area contributed by atoms with Crippen molar-refractivity contribution in [3.8, 4) is 11.1 Å². The Bertz CT molecular complexity index is 981. The highest BCUT2D eigenvalue weighted by Gasteiger charge is 2.19. The van der Waals surface area contributed by atoms with Gasteiger partial charge in [-0.05, 0) is 26.5 Å². The van der Waals surface area contributed by atoms with Gasteiger partial charge in [0.2, 0.25) is 0 Å². The number of benzene rings is 1. The van der Waals surface area contributed by atoms with Crippen LogP contribution < -0.4 is 5.56 Å². The lowest BCUT2D eigenvalue weighted by Crippen LogP contribution is -2.44. The van der Waals surface area contributed by atoms with E-state index in [-0.39, 0.29) is 5.56 Å². The number of nitrogens with one attached hydrogen (secondary N) is 1. The summed E-state index contributed by atoms with van der Waals surface area (Å²) in [6.45, 7) is 8.98. The van der Waals surface area contributed by atoms with Crippen LogP contribution in [0.5, 0.6) is 0 Å². The van der Waals surface area contributed by atoms with Crippen molar-refractivity contribution >= 4 is 21.6 Å². The molecular formula is C20H24N4OS. The summed E-state index contributed by atoms with van der Waals surface area (Å²) in [5.74, 6) is 0.767. The van der Waals surface area contributed by atoms with Gasteiger partial charge in [0.15, 0.2) is 0 Å². The molecule has 5 nitrogen and oxygen atoms in total. The van der Waals surface area contributed by atoms with Crippen LogP contribution in [0.2, 0.25) is 0 Å². The third-order valence-electron chi connectivity index (χ3n) is 5.10. The molecule has 0 aliphatic carbocycles. The summed E-state index contributed by atoms with van der Waals surface area (Å²) >= 11 is 1.61. The zero-order chi connectivity index (χ0) is 18.3. The average Bonchev–Trinajstić information content (AvgIpc) is 2.94. The van der Waals surface area contributed by atoms with Gasteiger partial charge in [-0.2, -0.15) is 0 Å². The Morgan fingerprint density at radius 3 is 2.50 bits per heavy atom. The first kappa shape index (κ1) is 17.4. The molecule has 1 N–H and O–H groups in total. The Morgan fingerprint density at radius 2 is 1.81 bits per heavy atom. The highest BCUT2D eigenvalue weighted by molar-refractivity contribution is 7.19. The number of aromatic nitrogens is 2. The van der Waals surface area contributed by atoms with E-state index in [4.69, 9.17) is 4.98 Å². The molecule has 1 aliphatic heterocycles. The minimum atomic E-state index is -0.0287. The predicted molar refractivity (Wildman–Crippen MR) is 108 cm³/mol. The topological polar surface area (TPSA) is 52.2 Å². The first-order valence-electron chi connectivity index (χ1n) is 9.01. The number of hydrogen-bond donors (Lipinski definition) is 1. The van der Waals surface area contributed by atoms with Gasteiger partial charge in [-0.3, -0.25) is 9.69 Å². The van der Waals surface area contributed by atoms with E-state index in [2.05, 4.69) is 59.9 Å². The fourth-order valence-electron chi connectivity index (χ4n) is 3.52. The van der Waals surface area contributed by atoms with E-state index < -0.39 is 0 Å². The molecule has 26 heavy (non-hydrogen) atoms. The zero-order valence-corrected chi connectivity index (χ0v) is 16.3. The van der Waals surface area contributed by atoms with Crippen molar-refractivity contribution in [3.05, 3.63) is 50.9 Å². The van der Waals surface area contributed by atoms with E-state index in [1.165, 1.54) is 5.56 Å². The molecule has 6 heteroatoms. The first-order chi connectivity index (χ1) is 12.5. The van der Waals surface area contributed by atoms with Gasteiger partial charge in [0.25, 0.3) is 5.56 Å². The lowest BCUT2D eigenvalue weighted by molar-refractivity contribution is 0.145. The molecule has 3 aromatic rings. The number of aromatic amines is 1. The number of thiophene rings is 1. The maximum Gasteiger partial charge on any atom is 0.260 e. The van der Waals surface area contributed by atoms with Gasteiger partial charge in [-0.1, -0.05) is 29.8 Å². The number of nitrogens with zero attached hydrogens (tertiary/aromatic N) is 3. The monoisotopic (exact) mass is 368 g/mol. The van der Waals surface area contributed by atoms with Gasteiger partial charge in [-0.15, -0.1) is 11.3 Å².